The van der Waals surface area contributed by atoms with Crippen LogP contribution in [0, 0.1) is 11.3 Å². The van der Waals surface area contributed by atoms with Crippen molar-refractivity contribution < 1.29 is 14.3 Å². The van der Waals surface area contributed by atoms with Gasteiger partial charge in [-0.3, -0.25) is 9.59 Å². The van der Waals surface area contributed by atoms with Crippen molar-refractivity contribution in [3.63, 3.8) is 0 Å². The molecule has 1 N–H and O–H groups in total. The number of nitrogens with zero attached hydrogens (tertiary/aromatic N) is 2. The van der Waals surface area contributed by atoms with E-state index in [-0.39, 0.29) is 24.7 Å². The first-order chi connectivity index (χ1) is 10.2. The van der Waals surface area contributed by atoms with Gasteiger partial charge in [0.2, 0.25) is 11.8 Å². The lowest BCUT2D eigenvalue weighted by Gasteiger charge is -2.26. The largest absolute Gasteiger partial charge is 0.378 e. The highest BCUT2D eigenvalue weighted by Crippen LogP contribution is 2.11. The molecule has 0 bridgehead atoms. The van der Waals surface area contributed by atoms with Crippen LogP contribution in [0.25, 0.3) is 0 Å². The third-order valence-corrected chi connectivity index (χ3v) is 3.21. The van der Waals surface area contributed by atoms with Gasteiger partial charge in [0.15, 0.2) is 0 Å². The molecule has 2 amide bonds. The van der Waals surface area contributed by atoms with Crippen LogP contribution in [0.1, 0.15) is 18.4 Å². The Morgan fingerprint density at radius 2 is 2.05 bits per heavy atom. The number of carbonyl (C=O) groups is 2. The van der Waals surface area contributed by atoms with Gasteiger partial charge in [0.05, 0.1) is 24.8 Å². The van der Waals surface area contributed by atoms with Gasteiger partial charge in [-0.15, -0.1) is 0 Å². The number of rotatable bonds is 4. The van der Waals surface area contributed by atoms with E-state index in [9.17, 15) is 9.59 Å². The van der Waals surface area contributed by atoms with Gasteiger partial charge >= 0.3 is 0 Å². The minimum Gasteiger partial charge on any atom is -0.378 e. The smallest absolute Gasteiger partial charge is 0.224 e. The molecule has 0 unspecified atom stereocenters. The highest BCUT2D eigenvalue weighted by molar-refractivity contribution is 5.93. The average Bonchev–Trinajstić information content (AvgIpc) is 2.53. The van der Waals surface area contributed by atoms with E-state index in [0.29, 0.717) is 37.6 Å². The summed E-state index contributed by atoms with van der Waals surface area (Å²) in [5.74, 6) is -0.258. The summed E-state index contributed by atoms with van der Waals surface area (Å²) < 4.78 is 5.18. The van der Waals surface area contributed by atoms with Gasteiger partial charge < -0.3 is 15.0 Å². The summed E-state index contributed by atoms with van der Waals surface area (Å²) >= 11 is 0. The quantitative estimate of drug-likeness (QED) is 0.900. The maximum Gasteiger partial charge on any atom is 0.224 e. The topological polar surface area (TPSA) is 82.4 Å². The molecule has 0 saturated carbocycles. The summed E-state index contributed by atoms with van der Waals surface area (Å²) in [6.07, 6.45) is 0.316. The van der Waals surface area contributed by atoms with E-state index in [4.69, 9.17) is 10.00 Å². The van der Waals surface area contributed by atoms with Gasteiger partial charge in [0.1, 0.15) is 0 Å². The van der Waals surface area contributed by atoms with Crippen LogP contribution in [0.2, 0.25) is 0 Å². The Morgan fingerprint density at radius 1 is 1.29 bits per heavy atom. The fourth-order valence-electron chi connectivity index (χ4n) is 2.08. The molecule has 0 atom stereocenters. The predicted octanol–water partition coefficient (Wildman–Crippen LogP) is 1.14. The zero-order chi connectivity index (χ0) is 15.1. The second-order valence-electron chi connectivity index (χ2n) is 4.73. The number of carbonyl (C=O) groups excluding carboxylic acids is 2. The summed E-state index contributed by atoms with van der Waals surface area (Å²) in [7, 11) is 0. The predicted molar refractivity (Wildman–Crippen MR) is 76.4 cm³/mol. The summed E-state index contributed by atoms with van der Waals surface area (Å²) in [5, 5.41) is 11.5. The molecular formula is C15H17N3O3. The number of nitrogens with one attached hydrogen (secondary N) is 1. The lowest BCUT2D eigenvalue weighted by molar-refractivity contribution is -0.136. The second kappa shape index (κ2) is 7.41. The Hall–Kier alpha value is -2.39. The molecule has 0 spiro atoms. The third-order valence-electron chi connectivity index (χ3n) is 3.21. The highest BCUT2D eigenvalue weighted by atomic mass is 16.5. The first-order valence-electron chi connectivity index (χ1n) is 6.84. The molecule has 1 aromatic carbocycles. The van der Waals surface area contributed by atoms with Crippen LogP contribution in [-0.4, -0.2) is 43.0 Å². The monoisotopic (exact) mass is 287 g/mol. The Morgan fingerprint density at radius 3 is 2.76 bits per heavy atom. The van der Waals surface area contributed by atoms with Crippen molar-refractivity contribution in [2.45, 2.75) is 12.8 Å². The van der Waals surface area contributed by atoms with E-state index >= 15 is 0 Å². The molecule has 1 aromatic rings. The average molecular weight is 287 g/mol. The molecule has 0 aromatic heterocycles. The Kier molecular flexibility index (Phi) is 5.29. The van der Waals surface area contributed by atoms with Gasteiger partial charge in [-0.25, -0.2) is 0 Å². The molecule has 21 heavy (non-hydrogen) atoms. The molecule has 6 nitrogen and oxygen atoms in total. The van der Waals surface area contributed by atoms with E-state index in [1.165, 1.54) is 0 Å². The van der Waals surface area contributed by atoms with Gasteiger partial charge in [-0.05, 0) is 18.2 Å². The van der Waals surface area contributed by atoms with Gasteiger partial charge in [-0.2, -0.15) is 5.26 Å². The number of anilines is 1. The summed E-state index contributed by atoms with van der Waals surface area (Å²) in [6, 6.07) is 8.69. The van der Waals surface area contributed by atoms with Gasteiger partial charge in [0.25, 0.3) is 0 Å². The number of hydrogen-bond donors (Lipinski definition) is 1. The second-order valence-corrected chi connectivity index (χ2v) is 4.73. The van der Waals surface area contributed by atoms with E-state index in [1.54, 1.807) is 29.2 Å². The van der Waals surface area contributed by atoms with E-state index in [1.807, 2.05) is 6.07 Å². The number of benzene rings is 1. The molecule has 1 heterocycles. The Balaban J connectivity index is 1.79. The number of morpholine rings is 1. The Bertz CT molecular complexity index is 560. The lowest BCUT2D eigenvalue weighted by Crippen LogP contribution is -2.40. The minimum absolute atomic E-state index is 0.0285. The molecule has 1 saturated heterocycles. The lowest BCUT2D eigenvalue weighted by atomic mass is 10.2. The highest BCUT2D eigenvalue weighted by Gasteiger charge is 2.17. The summed E-state index contributed by atoms with van der Waals surface area (Å²) in [4.78, 5) is 25.4. The molecule has 1 aliphatic rings. The van der Waals surface area contributed by atoms with E-state index < -0.39 is 0 Å². The zero-order valence-corrected chi connectivity index (χ0v) is 11.7. The van der Waals surface area contributed by atoms with E-state index in [0.717, 1.165) is 0 Å². The molecule has 1 fully saturated rings. The van der Waals surface area contributed by atoms with Crippen molar-refractivity contribution in [1.29, 1.82) is 5.26 Å². The van der Waals surface area contributed by atoms with E-state index in [2.05, 4.69) is 5.32 Å². The summed E-state index contributed by atoms with van der Waals surface area (Å²) in [6.45, 7) is 2.28. The molecule has 2 rings (SSSR count). The molecular weight excluding hydrogens is 270 g/mol. The first kappa shape index (κ1) is 15.0. The maximum atomic E-state index is 11.9. The Labute approximate surface area is 123 Å². The zero-order valence-electron chi connectivity index (χ0n) is 11.7. The number of nitriles is 1. The SMILES string of the molecule is N#Cc1cccc(NC(=O)CCC(=O)N2CCOCC2)c1. The summed E-state index contributed by atoms with van der Waals surface area (Å²) in [5.41, 5.74) is 1.05. The minimum atomic E-state index is -0.230. The van der Waals surface area contributed by atoms with Crippen molar-refractivity contribution in [2.75, 3.05) is 31.6 Å². The molecule has 110 valence electrons. The first-order valence-corrected chi connectivity index (χ1v) is 6.84. The molecule has 0 aliphatic carbocycles. The van der Waals surface area contributed by atoms with Crippen LogP contribution in [0.4, 0.5) is 5.69 Å². The van der Waals surface area contributed by atoms with Crippen molar-refractivity contribution >= 4 is 17.5 Å². The van der Waals surface area contributed by atoms with Crippen LogP contribution in [-0.2, 0) is 14.3 Å². The number of hydrogen-bond acceptors (Lipinski definition) is 4. The fraction of sp³-hybridized carbons (Fsp3) is 0.400. The van der Waals surface area contributed by atoms with Crippen LogP contribution in [0.3, 0.4) is 0 Å². The number of amides is 2. The molecule has 6 heteroatoms. The van der Waals surface area contributed by atoms with Crippen molar-refractivity contribution in [1.82, 2.24) is 4.90 Å². The van der Waals surface area contributed by atoms with Gasteiger partial charge in [-0.1, -0.05) is 6.07 Å². The van der Waals surface area contributed by atoms with Crippen LogP contribution in [0.5, 0.6) is 0 Å². The van der Waals surface area contributed by atoms with Crippen molar-refractivity contribution in [3.05, 3.63) is 29.8 Å². The van der Waals surface area contributed by atoms with Crippen LogP contribution < -0.4 is 5.32 Å². The maximum absolute atomic E-state index is 11.9. The van der Waals surface area contributed by atoms with Crippen molar-refractivity contribution in [2.24, 2.45) is 0 Å². The van der Waals surface area contributed by atoms with Crippen LogP contribution >= 0.6 is 0 Å². The number of ether oxygens (including phenoxy) is 1. The van der Waals surface area contributed by atoms with Crippen LogP contribution in [0.15, 0.2) is 24.3 Å². The third kappa shape index (κ3) is 4.58. The standard InChI is InChI=1S/C15H17N3O3/c16-11-12-2-1-3-13(10-12)17-14(19)4-5-15(20)18-6-8-21-9-7-18/h1-3,10H,4-9H2,(H,17,19). The fourth-order valence-corrected chi connectivity index (χ4v) is 2.08. The molecule has 1 aliphatic heterocycles. The normalized spacial score (nSPS) is 14.3. The van der Waals surface area contributed by atoms with Gasteiger partial charge in [0, 0.05) is 31.6 Å². The van der Waals surface area contributed by atoms with Crippen molar-refractivity contribution in [3.8, 4) is 6.07 Å². The molecule has 0 radical (unpaired) electrons.